The monoisotopic (exact) mass is 430 g/mol. The minimum atomic E-state index is 0.478. The first-order valence-electron chi connectivity index (χ1n) is 11.0. The Kier molecular flexibility index (Phi) is 7.23. The zero-order chi connectivity index (χ0) is 20.8. The molecule has 0 amide bonds. The van der Waals surface area contributed by atoms with Crippen LogP contribution < -0.4 is 10.6 Å². The van der Waals surface area contributed by atoms with E-state index in [1.54, 1.807) is 0 Å². The van der Waals surface area contributed by atoms with Gasteiger partial charge in [-0.1, -0.05) is 41.7 Å². The largest absolute Gasteiger partial charge is 0.356 e. The van der Waals surface area contributed by atoms with E-state index in [2.05, 4.69) is 30.7 Å². The van der Waals surface area contributed by atoms with Crippen molar-refractivity contribution in [3.05, 3.63) is 35.2 Å². The molecule has 2 N–H and O–H groups in total. The zero-order valence-corrected chi connectivity index (χ0v) is 18.4. The first-order valence-corrected chi connectivity index (χ1v) is 11.4. The molecule has 0 radical (unpaired) electrons. The summed E-state index contributed by atoms with van der Waals surface area (Å²) < 4.78 is 5.37. The first-order chi connectivity index (χ1) is 14.7. The molecule has 0 bridgehead atoms. The van der Waals surface area contributed by atoms with Crippen LogP contribution in [-0.4, -0.2) is 59.8 Å². The maximum absolute atomic E-state index is 6.04. The van der Waals surface area contributed by atoms with Gasteiger partial charge in [-0.3, -0.25) is 4.99 Å². The fourth-order valence-electron chi connectivity index (χ4n) is 4.46. The molecule has 2 aromatic rings. The molecule has 1 aliphatic heterocycles. The SMILES string of the molecule is CN=C(NCCc1nc(-c2cccc(Cl)c2)no1)NC1CCN(C2CCCC2)CC1. The smallest absolute Gasteiger partial charge is 0.228 e. The highest BCUT2D eigenvalue weighted by molar-refractivity contribution is 6.30. The van der Waals surface area contributed by atoms with Crippen molar-refractivity contribution in [2.75, 3.05) is 26.7 Å². The molecule has 2 fully saturated rings. The van der Waals surface area contributed by atoms with E-state index in [-0.39, 0.29) is 0 Å². The van der Waals surface area contributed by atoms with Crippen molar-refractivity contribution in [2.45, 2.75) is 57.0 Å². The van der Waals surface area contributed by atoms with Gasteiger partial charge in [0, 0.05) is 55.8 Å². The van der Waals surface area contributed by atoms with Crippen LogP contribution in [0.2, 0.25) is 5.02 Å². The predicted molar refractivity (Wildman–Crippen MR) is 120 cm³/mol. The minimum absolute atomic E-state index is 0.478. The molecule has 1 aliphatic carbocycles. The van der Waals surface area contributed by atoms with Gasteiger partial charge in [0.2, 0.25) is 11.7 Å². The highest BCUT2D eigenvalue weighted by Gasteiger charge is 2.27. The number of likely N-dealkylation sites (tertiary alicyclic amines) is 1. The summed E-state index contributed by atoms with van der Waals surface area (Å²) >= 11 is 6.04. The fraction of sp³-hybridized carbons (Fsp3) is 0.591. The second-order valence-corrected chi connectivity index (χ2v) is 8.60. The van der Waals surface area contributed by atoms with E-state index >= 15 is 0 Å². The van der Waals surface area contributed by atoms with Crippen LogP contribution in [0.3, 0.4) is 0 Å². The summed E-state index contributed by atoms with van der Waals surface area (Å²) in [4.78, 5) is 11.5. The van der Waals surface area contributed by atoms with Crippen LogP contribution in [-0.2, 0) is 6.42 Å². The molecule has 1 aromatic carbocycles. The molecule has 4 rings (SSSR count). The molecule has 2 heterocycles. The Morgan fingerprint density at radius 1 is 1.23 bits per heavy atom. The van der Waals surface area contributed by atoms with Crippen molar-refractivity contribution in [1.29, 1.82) is 0 Å². The summed E-state index contributed by atoms with van der Waals surface area (Å²) in [6.45, 7) is 3.05. The van der Waals surface area contributed by atoms with Crippen LogP contribution in [0.1, 0.15) is 44.4 Å². The molecule has 1 saturated carbocycles. The second kappa shape index (κ2) is 10.3. The van der Waals surface area contributed by atoms with Gasteiger partial charge in [-0.05, 0) is 37.8 Å². The van der Waals surface area contributed by atoms with E-state index in [4.69, 9.17) is 16.1 Å². The van der Waals surface area contributed by atoms with Gasteiger partial charge in [0.25, 0.3) is 0 Å². The van der Waals surface area contributed by atoms with Gasteiger partial charge in [-0.15, -0.1) is 0 Å². The number of hydrogen-bond acceptors (Lipinski definition) is 5. The van der Waals surface area contributed by atoms with Gasteiger partial charge in [0.1, 0.15) is 0 Å². The average Bonchev–Trinajstić information content (AvgIpc) is 3.46. The summed E-state index contributed by atoms with van der Waals surface area (Å²) in [5.74, 6) is 1.99. The van der Waals surface area contributed by atoms with E-state index in [0.717, 1.165) is 17.6 Å². The van der Waals surface area contributed by atoms with E-state index in [1.807, 2.05) is 31.3 Å². The molecule has 30 heavy (non-hydrogen) atoms. The Morgan fingerprint density at radius 3 is 2.77 bits per heavy atom. The van der Waals surface area contributed by atoms with Crippen LogP contribution in [0.4, 0.5) is 0 Å². The number of nitrogens with one attached hydrogen (secondary N) is 2. The Bertz CT molecular complexity index is 840. The molecule has 0 spiro atoms. The molecular weight excluding hydrogens is 400 g/mol. The minimum Gasteiger partial charge on any atom is -0.356 e. The second-order valence-electron chi connectivity index (χ2n) is 8.16. The third-order valence-electron chi connectivity index (χ3n) is 6.12. The normalized spacial score (nSPS) is 19.3. The van der Waals surface area contributed by atoms with Crippen LogP contribution in [0.5, 0.6) is 0 Å². The summed E-state index contributed by atoms with van der Waals surface area (Å²) in [5.41, 5.74) is 0.854. The number of guanidine groups is 1. The molecule has 2 aliphatic rings. The lowest BCUT2D eigenvalue weighted by atomic mass is 10.0. The Hall–Kier alpha value is -2.12. The van der Waals surface area contributed by atoms with Crippen LogP contribution in [0.25, 0.3) is 11.4 Å². The molecule has 162 valence electrons. The Balaban J connectivity index is 1.20. The lowest BCUT2D eigenvalue weighted by Crippen LogP contribution is -2.50. The number of nitrogens with zero attached hydrogens (tertiary/aromatic N) is 4. The summed E-state index contributed by atoms with van der Waals surface area (Å²) in [5, 5.41) is 11.6. The maximum Gasteiger partial charge on any atom is 0.228 e. The molecule has 0 unspecified atom stereocenters. The number of aromatic nitrogens is 2. The van der Waals surface area contributed by atoms with E-state index < -0.39 is 0 Å². The predicted octanol–water partition coefficient (Wildman–Crippen LogP) is 3.50. The van der Waals surface area contributed by atoms with E-state index in [9.17, 15) is 0 Å². The van der Waals surface area contributed by atoms with Gasteiger partial charge >= 0.3 is 0 Å². The summed E-state index contributed by atoms with van der Waals surface area (Å²) in [7, 11) is 1.81. The number of hydrogen-bond donors (Lipinski definition) is 2. The van der Waals surface area contributed by atoms with E-state index in [0.29, 0.717) is 35.7 Å². The molecule has 7 nitrogen and oxygen atoms in total. The fourth-order valence-corrected chi connectivity index (χ4v) is 4.65. The summed E-state index contributed by atoms with van der Waals surface area (Å²) in [6.07, 6.45) is 8.55. The average molecular weight is 431 g/mol. The van der Waals surface area contributed by atoms with Crippen LogP contribution >= 0.6 is 11.6 Å². The van der Waals surface area contributed by atoms with Crippen molar-refractivity contribution in [3.8, 4) is 11.4 Å². The third-order valence-corrected chi connectivity index (χ3v) is 6.35. The van der Waals surface area contributed by atoms with Crippen molar-refractivity contribution < 1.29 is 4.52 Å². The topological polar surface area (TPSA) is 78.6 Å². The maximum atomic E-state index is 6.04. The summed E-state index contributed by atoms with van der Waals surface area (Å²) in [6, 6.07) is 8.76. The number of aliphatic imine (C=N–C) groups is 1. The van der Waals surface area contributed by atoms with Crippen LogP contribution in [0.15, 0.2) is 33.8 Å². The van der Waals surface area contributed by atoms with Gasteiger partial charge in [-0.25, -0.2) is 0 Å². The van der Waals surface area contributed by atoms with Gasteiger partial charge in [0.05, 0.1) is 0 Å². The third kappa shape index (κ3) is 5.52. The number of halogens is 1. The van der Waals surface area contributed by atoms with Crippen LogP contribution in [0, 0.1) is 0 Å². The zero-order valence-electron chi connectivity index (χ0n) is 17.6. The number of benzene rings is 1. The van der Waals surface area contributed by atoms with Gasteiger partial charge in [0.15, 0.2) is 5.96 Å². The van der Waals surface area contributed by atoms with Crippen molar-refractivity contribution >= 4 is 17.6 Å². The van der Waals surface area contributed by atoms with E-state index in [1.165, 1.54) is 51.6 Å². The Labute approximate surface area is 183 Å². The Morgan fingerprint density at radius 2 is 2.03 bits per heavy atom. The molecular formula is C22H31ClN6O. The lowest BCUT2D eigenvalue weighted by molar-refractivity contribution is 0.150. The molecule has 0 atom stereocenters. The molecule has 8 heteroatoms. The van der Waals surface area contributed by atoms with Crippen molar-refractivity contribution in [1.82, 2.24) is 25.7 Å². The van der Waals surface area contributed by atoms with Crippen molar-refractivity contribution in [3.63, 3.8) is 0 Å². The number of piperidine rings is 1. The molecule has 1 saturated heterocycles. The standard InChI is InChI=1S/C22H31ClN6O/c1-24-22(26-18-10-13-29(14-11-18)19-7-2-3-8-19)25-12-9-20-27-21(28-30-20)16-5-4-6-17(23)15-16/h4-6,15,18-19H,2-3,7-14H2,1H3,(H2,24,25,26). The van der Waals surface area contributed by atoms with Gasteiger partial charge in [-0.2, -0.15) is 4.98 Å². The molecule has 1 aromatic heterocycles. The highest BCUT2D eigenvalue weighted by atomic mass is 35.5. The highest BCUT2D eigenvalue weighted by Crippen LogP contribution is 2.26. The quantitative estimate of drug-likeness (QED) is 0.539. The lowest BCUT2D eigenvalue weighted by Gasteiger charge is -2.36. The number of rotatable bonds is 6. The first kappa shape index (κ1) is 21.1. The van der Waals surface area contributed by atoms with Gasteiger partial charge < -0.3 is 20.1 Å². The van der Waals surface area contributed by atoms with Crippen molar-refractivity contribution in [2.24, 2.45) is 4.99 Å².